The number of aliphatic hydroxyl groups is 1. The summed E-state index contributed by atoms with van der Waals surface area (Å²) in [5.41, 5.74) is 2.41. The first-order valence-corrected chi connectivity index (χ1v) is 11.4. The van der Waals surface area contributed by atoms with E-state index in [-0.39, 0.29) is 6.10 Å². The number of carboxylic acids is 1. The topological polar surface area (TPSA) is 57.5 Å². The highest BCUT2D eigenvalue weighted by molar-refractivity contribution is 5.66. The van der Waals surface area contributed by atoms with E-state index in [2.05, 4.69) is 26.8 Å². The van der Waals surface area contributed by atoms with Gasteiger partial charge >= 0.3 is 5.97 Å². The van der Waals surface area contributed by atoms with Crippen molar-refractivity contribution in [2.75, 3.05) is 0 Å². The molecule has 0 aromatic heterocycles. The number of aliphatic hydroxyl groups excluding tert-OH is 1. The normalized spacial score (nSPS) is 47.4. The van der Waals surface area contributed by atoms with Crippen LogP contribution in [0.15, 0.2) is 11.6 Å². The second kappa shape index (κ2) is 6.90. The number of hydrogen-bond acceptors (Lipinski definition) is 2. The van der Waals surface area contributed by atoms with E-state index in [0.29, 0.717) is 35.0 Å². The van der Waals surface area contributed by atoms with Crippen LogP contribution in [0.1, 0.15) is 85.0 Å². The lowest BCUT2D eigenvalue weighted by Crippen LogP contribution is -2.48. The number of fused-ring (bicyclic) bond motifs is 5. The third kappa shape index (κ3) is 3.09. The van der Waals surface area contributed by atoms with Crippen LogP contribution in [0.2, 0.25) is 0 Å². The number of allylic oxidation sites excluding steroid dienone is 2. The summed E-state index contributed by atoms with van der Waals surface area (Å²) in [6.45, 7) is 7.30. The van der Waals surface area contributed by atoms with E-state index in [0.717, 1.165) is 37.5 Å². The van der Waals surface area contributed by atoms with Gasteiger partial charge in [-0.2, -0.15) is 0 Å². The summed E-state index contributed by atoms with van der Waals surface area (Å²) in [5, 5.41) is 19.3. The van der Waals surface area contributed by atoms with E-state index in [4.69, 9.17) is 5.11 Å². The van der Waals surface area contributed by atoms with Crippen LogP contribution in [0.25, 0.3) is 0 Å². The van der Waals surface area contributed by atoms with Crippen molar-refractivity contribution < 1.29 is 15.0 Å². The van der Waals surface area contributed by atoms with Gasteiger partial charge in [0.2, 0.25) is 0 Å². The zero-order chi connectivity index (χ0) is 19.4. The minimum absolute atomic E-state index is 0.0833. The highest BCUT2D eigenvalue weighted by Crippen LogP contribution is 2.66. The molecule has 0 heterocycles. The van der Waals surface area contributed by atoms with Gasteiger partial charge in [0.1, 0.15) is 0 Å². The first kappa shape index (κ1) is 19.5. The predicted octanol–water partition coefficient (Wildman–Crippen LogP) is 5.43. The molecule has 8 unspecified atom stereocenters. The lowest BCUT2D eigenvalue weighted by atomic mass is 9.48. The number of aliphatic carboxylic acids is 1. The van der Waals surface area contributed by atoms with Gasteiger partial charge in [0, 0.05) is 6.42 Å². The molecule has 3 nitrogen and oxygen atoms in total. The quantitative estimate of drug-likeness (QED) is 0.645. The summed E-state index contributed by atoms with van der Waals surface area (Å²) in [6.07, 6.45) is 13.1. The van der Waals surface area contributed by atoms with E-state index in [9.17, 15) is 9.90 Å². The highest BCUT2D eigenvalue weighted by Gasteiger charge is 2.57. The van der Waals surface area contributed by atoms with E-state index in [1.165, 1.54) is 32.1 Å². The van der Waals surface area contributed by atoms with Gasteiger partial charge in [-0.3, -0.25) is 4.79 Å². The van der Waals surface area contributed by atoms with Crippen LogP contribution in [0.4, 0.5) is 0 Å². The zero-order valence-corrected chi connectivity index (χ0v) is 17.4. The minimum Gasteiger partial charge on any atom is -0.481 e. The Balaban J connectivity index is 1.56. The van der Waals surface area contributed by atoms with Gasteiger partial charge < -0.3 is 10.2 Å². The molecule has 4 rings (SSSR count). The Morgan fingerprint density at radius 3 is 2.74 bits per heavy atom. The number of carbonyl (C=O) groups is 1. The fourth-order valence-electron chi connectivity index (χ4n) is 8.03. The average molecular weight is 375 g/mol. The number of rotatable bonds is 4. The molecular weight excluding hydrogens is 336 g/mol. The molecule has 2 N–H and O–H groups in total. The molecule has 3 saturated carbocycles. The van der Waals surface area contributed by atoms with Gasteiger partial charge in [-0.25, -0.2) is 0 Å². The second-order valence-electron chi connectivity index (χ2n) is 10.8. The molecule has 3 fully saturated rings. The van der Waals surface area contributed by atoms with Crippen LogP contribution in [-0.4, -0.2) is 22.3 Å². The Bertz CT molecular complexity index is 625. The SMILES string of the molecule is CC(CCC(=O)O)C1CCC2C3CCC4CC(O)CCC4(C)C3=CCC12C. The molecule has 0 radical (unpaired) electrons. The molecule has 8 atom stereocenters. The molecule has 0 bridgehead atoms. The van der Waals surface area contributed by atoms with Gasteiger partial charge in [-0.15, -0.1) is 0 Å². The Morgan fingerprint density at radius 2 is 2.00 bits per heavy atom. The standard InChI is InChI=1S/C24H38O3/c1-15(4-9-22(26)27)19-7-8-20-18-6-5-16-14-17(25)10-12-23(16,2)21(18)11-13-24(19,20)3/h11,15-20,25H,4-10,12-14H2,1-3H3,(H,26,27). The van der Waals surface area contributed by atoms with E-state index < -0.39 is 5.97 Å². The van der Waals surface area contributed by atoms with E-state index >= 15 is 0 Å². The van der Waals surface area contributed by atoms with Crippen LogP contribution in [0.3, 0.4) is 0 Å². The maximum atomic E-state index is 11.0. The van der Waals surface area contributed by atoms with E-state index in [1.807, 2.05) is 0 Å². The number of carboxylic acid groups (broad SMARTS) is 1. The summed E-state index contributed by atoms with van der Waals surface area (Å²) in [4.78, 5) is 11.0. The monoisotopic (exact) mass is 374 g/mol. The fourth-order valence-corrected chi connectivity index (χ4v) is 8.03. The summed E-state index contributed by atoms with van der Waals surface area (Å²) < 4.78 is 0. The molecule has 152 valence electrons. The summed E-state index contributed by atoms with van der Waals surface area (Å²) >= 11 is 0. The van der Waals surface area contributed by atoms with Crippen LogP contribution in [0.5, 0.6) is 0 Å². The maximum Gasteiger partial charge on any atom is 0.303 e. The first-order chi connectivity index (χ1) is 12.8. The molecule has 0 aromatic rings. The first-order valence-electron chi connectivity index (χ1n) is 11.4. The summed E-state index contributed by atoms with van der Waals surface area (Å²) in [5.74, 6) is 2.69. The fraction of sp³-hybridized carbons (Fsp3) is 0.875. The van der Waals surface area contributed by atoms with Gasteiger partial charge in [-0.1, -0.05) is 32.4 Å². The molecular formula is C24H38O3. The molecule has 3 heteroatoms. The van der Waals surface area contributed by atoms with Crippen molar-refractivity contribution in [2.45, 2.75) is 91.1 Å². The minimum atomic E-state index is -0.655. The molecule has 0 aromatic carbocycles. The van der Waals surface area contributed by atoms with Crippen LogP contribution in [0, 0.1) is 40.4 Å². The maximum absolute atomic E-state index is 11.0. The molecule has 0 aliphatic heterocycles. The zero-order valence-electron chi connectivity index (χ0n) is 17.4. The predicted molar refractivity (Wildman–Crippen MR) is 107 cm³/mol. The van der Waals surface area contributed by atoms with Gasteiger partial charge in [0.05, 0.1) is 6.10 Å². The lowest BCUT2D eigenvalue weighted by molar-refractivity contribution is -0.137. The van der Waals surface area contributed by atoms with Gasteiger partial charge in [-0.05, 0) is 98.2 Å². The lowest BCUT2D eigenvalue weighted by Gasteiger charge is -2.57. The Labute approximate surface area is 164 Å². The van der Waals surface area contributed by atoms with E-state index in [1.54, 1.807) is 5.57 Å². The Morgan fingerprint density at radius 1 is 1.22 bits per heavy atom. The van der Waals surface area contributed by atoms with Crippen molar-refractivity contribution in [3.8, 4) is 0 Å². The summed E-state index contributed by atoms with van der Waals surface area (Å²) in [6, 6.07) is 0. The molecule has 4 aliphatic rings. The largest absolute Gasteiger partial charge is 0.481 e. The van der Waals surface area contributed by atoms with Gasteiger partial charge in [0.15, 0.2) is 0 Å². The van der Waals surface area contributed by atoms with Crippen molar-refractivity contribution in [3.05, 3.63) is 11.6 Å². The molecule has 0 saturated heterocycles. The van der Waals surface area contributed by atoms with Crippen molar-refractivity contribution in [1.29, 1.82) is 0 Å². The van der Waals surface area contributed by atoms with Crippen molar-refractivity contribution in [2.24, 2.45) is 40.4 Å². The third-order valence-corrected chi connectivity index (χ3v) is 9.57. The smallest absolute Gasteiger partial charge is 0.303 e. The molecule has 0 amide bonds. The number of hydrogen-bond donors (Lipinski definition) is 2. The summed E-state index contributed by atoms with van der Waals surface area (Å²) in [7, 11) is 0. The Hall–Kier alpha value is -0.830. The Kier molecular flexibility index (Phi) is 4.98. The van der Waals surface area contributed by atoms with Gasteiger partial charge in [0.25, 0.3) is 0 Å². The molecule has 27 heavy (non-hydrogen) atoms. The van der Waals surface area contributed by atoms with Crippen LogP contribution < -0.4 is 0 Å². The van der Waals surface area contributed by atoms with Crippen molar-refractivity contribution in [1.82, 2.24) is 0 Å². The molecule has 4 aliphatic carbocycles. The van der Waals surface area contributed by atoms with Crippen molar-refractivity contribution in [3.63, 3.8) is 0 Å². The highest BCUT2D eigenvalue weighted by atomic mass is 16.4. The average Bonchev–Trinajstić information content (AvgIpc) is 2.97. The third-order valence-electron chi connectivity index (χ3n) is 9.57. The van der Waals surface area contributed by atoms with Crippen molar-refractivity contribution >= 4 is 5.97 Å². The second-order valence-corrected chi connectivity index (χ2v) is 10.8. The molecule has 0 spiro atoms. The van der Waals surface area contributed by atoms with Crippen LogP contribution in [-0.2, 0) is 4.79 Å². The van der Waals surface area contributed by atoms with Crippen LogP contribution >= 0.6 is 0 Å².